The minimum absolute atomic E-state index is 0.0648. The Morgan fingerprint density at radius 3 is 2.71 bits per heavy atom. The van der Waals surface area contributed by atoms with Crippen LogP contribution >= 0.6 is 11.6 Å². The second kappa shape index (κ2) is 7.43. The number of rotatable bonds is 4. The highest BCUT2D eigenvalue weighted by molar-refractivity contribution is 6.32. The van der Waals surface area contributed by atoms with Crippen molar-refractivity contribution < 1.29 is 9.66 Å². The lowest BCUT2D eigenvalue weighted by molar-refractivity contribution is -0.384. The first-order valence-corrected chi connectivity index (χ1v) is 9.45. The third kappa shape index (κ3) is 3.69. The van der Waals surface area contributed by atoms with Crippen LogP contribution in [0.4, 0.5) is 17.1 Å². The van der Waals surface area contributed by atoms with Crippen LogP contribution in [0.3, 0.4) is 0 Å². The molecule has 148 valence electrons. The highest BCUT2D eigenvalue weighted by atomic mass is 35.5. The summed E-state index contributed by atoms with van der Waals surface area (Å²) in [6.45, 7) is 6.70. The summed E-state index contributed by atoms with van der Waals surface area (Å²) in [7, 11) is 3.73. The normalized spacial score (nSPS) is 18.2. The molecular formula is C21H24ClN3O3. The maximum Gasteiger partial charge on any atom is 0.290 e. The van der Waals surface area contributed by atoms with Crippen LogP contribution in [0.25, 0.3) is 0 Å². The minimum atomic E-state index is -0.514. The van der Waals surface area contributed by atoms with Gasteiger partial charge in [0, 0.05) is 42.2 Å². The lowest BCUT2D eigenvalue weighted by Crippen LogP contribution is -2.45. The van der Waals surface area contributed by atoms with E-state index in [0.29, 0.717) is 17.4 Å². The van der Waals surface area contributed by atoms with Crippen molar-refractivity contribution in [2.24, 2.45) is 4.99 Å². The molecule has 7 heteroatoms. The number of benzene rings is 2. The summed E-state index contributed by atoms with van der Waals surface area (Å²) < 4.78 is 5.59. The number of anilines is 1. The Morgan fingerprint density at radius 2 is 2.07 bits per heavy atom. The van der Waals surface area contributed by atoms with Crippen LogP contribution in [0.2, 0.25) is 5.02 Å². The Morgan fingerprint density at radius 1 is 1.36 bits per heavy atom. The summed E-state index contributed by atoms with van der Waals surface area (Å²) in [5.41, 5.74) is 3.59. The summed E-state index contributed by atoms with van der Waals surface area (Å²) in [5, 5.41) is 11.2. The summed E-state index contributed by atoms with van der Waals surface area (Å²) in [4.78, 5) is 17.3. The third-order valence-corrected chi connectivity index (χ3v) is 5.78. The van der Waals surface area contributed by atoms with E-state index in [2.05, 4.69) is 43.8 Å². The van der Waals surface area contributed by atoms with E-state index in [4.69, 9.17) is 16.3 Å². The van der Waals surface area contributed by atoms with Gasteiger partial charge in [-0.05, 0) is 49.9 Å². The van der Waals surface area contributed by atoms with Crippen LogP contribution in [0.5, 0.6) is 5.75 Å². The first-order chi connectivity index (χ1) is 13.1. The summed E-state index contributed by atoms with van der Waals surface area (Å²) >= 11 is 5.87. The molecule has 1 unspecified atom stereocenters. The molecule has 0 spiro atoms. The van der Waals surface area contributed by atoms with Crippen molar-refractivity contribution in [1.29, 1.82) is 0 Å². The van der Waals surface area contributed by atoms with Crippen LogP contribution < -0.4 is 9.64 Å². The summed E-state index contributed by atoms with van der Waals surface area (Å²) in [5.74, 6) is 1.11. The van der Waals surface area contributed by atoms with E-state index in [0.717, 1.165) is 17.7 Å². The van der Waals surface area contributed by atoms with Gasteiger partial charge >= 0.3 is 0 Å². The van der Waals surface area contributed by atoms with Crippen LogP contribution in [0.1, 0.15) is 44.2 Å². The van der Waals surface area contributed by atoms with E-state index in [1.165, 1.54) is 17.7 Å². The van der Waals surface area contributed by atoms with Crippen LogP contribution in [-0.4, -0.2) is 30.8 Å². The van der Waals surface area contributed by atoms with Crippen LogP contribution in [0, 0.1) is 10.1 Å². The standard InChI is InChI=1S/C21H24ClN3O3/c1-13-11-21(2,3)24(4)18-10-20(28-5)14(8-16(13)18)12-23-15-6-7-17(22)19(9-15)25(26)27/h6-10,12-13H,11H2,1-5H3. The molecule has 1 heterocycles. The van der Waals surface area contributed by atoms with E-state index >= 15 is 0 Å². The molecule has 0 saturated heterocycles. The molecule has 2 aromatic carbocycles. The molecule has 3 rings (SSSR count). The molecule has 1 aliphatic heterocycles. The topological polar surface area (TPSA) is 68.0 Å². The zero-order chi connectivity index (χ0) is 20.6. The molecule has 0 amide bonds. The number of fused-ring (bicyclic) bond motifs is 1. The average molecular weight is 402 g/mol. The van der Waals surface area contributed by atoms with Gasteiger partial charge in [0.25, 0.3) is 5.69 Å². The van der Waals surface area contributed by atoms with E-state index < -0.39 is 4.92 Å². The summed E-state index contributed by atoms with van der Waals surface area (Å²) in [6, 6.07) is 8.63. The molecule has 2 aromatic rings. The Kier molecular flexibility index (Phi) is 5.35. The molecule has 1 atom stereocenters. The monoisotopic (exact) mass is 401 g/mol. The number of halogens is 1. The van der Waals surface area contributed by atoms with E-state index in [1.54, 1.807) is 19.4 Å². The van der Waals surface area contributed by atoms with Crippen molar-refractivity contribution in [2.45, 2.75) is 38.6 Å². The quantitative estimate of drug-likeness (QED) is 0.372. The minimum Gasteiger partial charge on any atom is -0.496 e. The summed E-state index contributed by atoms with van der Waals surface area (Å²) in [6.07, 6.45) is 2.72. The molecule has 28 heavy (non-hydrogen) atoms. The van der Waals surface area contributed by atoms with E-state index in [9.17, 15) is 10.1 Å². The number of nitrogens with zero attached hydrogens (tertiary/aromatic N) is 3. The lowest BCUT2D eigenvalue weighted by Gasteiger charge is -2.45. The van der Waals surface area contributed by atoms with Crippen LogP contribution in [0.15, 0.2) is 35.3 Å². The molecule has 1 aliphatic rings. The van der Waals surface area contributed by atoms with Crippen LogP contribution in [-0.2, 0) is 0 Å². The number of ether oxygens (including phenoxy) is 1. The maximum atomic E-state index is 11.1. The number of aliphatic imine (C=N–C) groups is 1. The van der Waals surface area contributed by atoms with Crippen molar-refractivity contribution in [1.82, 2.24) is 0 Å². The number of methoxy groups -OCH3 is 1. The molecule has 0 saturated carbocycles. The smallest absolute Gasteiger partial charge is 0.290 e. The molecule has 0 aliphatic carbocycles. The van der Waals surface area contributed by atoms with Gasteiger partial charge in [-0.3, -0.25) is 15.1 Å². The number of nitro benzene ring substituents is 1. The predicted octanol–water partition coefficient (Wildman–Crippen LogP) is 5.73. The Labute approximate surface area is 169 Å². The molecule has 6 nitrogen and oxygen atoms in total. The fourth-order valence-electron chi connectivity index (χ4n) is 3.75. The van der Waals surface area contributed by atoms with Crippen molar-refractivity contribution >= 4 is 34.9 Å². The fraction of sp³-hybridized carbons (Fsp3) is 0.381. The number of hydrogen-bond acceptors (Lipinski definition) is 5. The second-order valence-electron chi connectivity index (χ2n) is 7.78. The predicted molar refractivity (Wildman–Crippen MR) is 114 cm³/mol. The van der Waals surface area contributed by atoms with E-state index in [-0.39, 0.29) is 16.2 Å². The van der Waals surface area contributed by atoms with Gasteiger partial charge in [0.2, 0.25) is 0 Å². The molecule has 0 bridgehead atoms. The van der Waals surface area contributed by atoms with Gasteiger partial charge in [0.05, 0.1) is 17.7 Å². The Balaban J connectivity index is 2.02. The highest BCUT2D eigenvalue weighted by Gasteiger charge is 2.34. The SMILES string of the molecule is COc1cc2c(cc1C=Nc1ccc(Cl)c([N+](=O)[O-])c1)C(C)CC(C)(C)N2C. The van der Waals surface area contributed by atoms with Gasteiger partial charge in [-0.1, -0.05) is 18.5 Å². The largest absolute Gasteiger partial charge is 0.496 e. The average Bonchev–Trinajstić information content (AvgIpc) is 2.64. The first-order valence-electron chi connectivity index (χ1n) is 9.08. The van der Waals surface area contributed by atoms with Gasteiger partial charge in [-0.2, -0.15) is 0 Å². The molecule has 0 N–H and O–H groups in total. The number of nitro groups is 1. The highest BCUT2D eigenvalue weighted by Crippen LogP contribution is 2.44. The first kappa shape index (κ1) is 20.1. The lowest BCUT2D eigenvalue weighted by atomic mass is 9.80. The Hall–Kier alpha value is -2.60. The van der Waals surface area contributed by atoms with Gasteiger partial charge < -0.3 is 9.64 Å². The maximum absolute atomic E-state index is 11.1. The second-order valence-corrected chi connectivity index (χ2v) is 8.19. The van der Waals surface area contributed by atoms with Gasteiger partial charge in [0.15, 0.2) is 0 Å². The molecule has 0 aromatic heterocycles. The van der Waals surface area contributed by atoms with E-state index in [1.807, 2.05) is 6.07 Å². The van der Waals surface area contributed by atoms with Gasteiger partial charge in [-0.15, -0.1) is 0 Å². The molecule has 0 fully saturated rings. The Bertz CT molecular complexity index is 956. The zero-order valence-corrected chi connectivity index (χ0v) is 17.4. The zero-order valence-electron chi connectivity index (χ0n) is 16.7. The molecule has 0 radical (unpaired) electrons. The van der Waals surface area contributed by atoms with Crippen molar-refractivity contribution in [3.63, 3.8) is 0 Å². The molecular weight excluding hydrogens is 378 g/mol. The van der Waals surface area contributed by atoms with Gasteiger partial charge in [0.1, 0.15) is 10.8 Å². The van der Waals surface area contributed by atoms with Crippen molar-refractivity contribution in [3.8, 4) is 5.75 Å². The van der Waals surface area contributed by atoms with Gasteiger partial charge in [-0.25, -0.2) is 0 Å². The third-order valence-electron chi connectivity index (χ3n) is 5.46. The number of hydrogen-bond donors (Lipinski definition) is 0. The fourth-order valence-corrected chi connectivity index (χ4v) is 3.94. The van der Waals surface area contributed by atoms with Crippen molar-refractivity contribution in [2.75, 3.05) is 19.1 Å². The van der Waals surface area contributed by atoms with Crippen molar-refractivity contribution in [3.05, 3.63) is 56.6 Å².